The van der Waals surface area contributed by atoms with Gasteiger partial charge in [0.15, 0.2) is 72.5 Å². The zero-order valence-corrected chi connectivity index (χ0v) is 78.2. The molecule has 3 unspecified atom stereocenters. The molecule has 0 spiro atoms. The minimum Gasteiger partial charge on any atom is -0.463 e. The number of esters is 3. The molecule has 4 aliphatic rings. The van der Waals surface area contributed by atoms with Gasteiger partial charge in [-0.05, 0) is 66.8 Å². The molecule has 0 saturated carbocycles. The first-order valence-corrected chi connectivity index (χ1v) is 44.4. The number of ether oxygens (including phenoxy) is 3. The van der Waals surface area contributed by atoms with Gasteiger partial charge in [-0.1, -0.05) is 85.5 Å². The number of anilines is 3. The highest BCUT2D eigenvalue weighted by atomic mass is 35.5. The van der Waals surface area contributed by atoms with E-state index in [1.54, 1.807) is 27.0 Å². The summed E-state index contributed by atoms with van der Waals surface area (Å²) in [5.41, 5.74) is 16.2. The molecule has 132 heavy (non-hydrogen) atoms. The van der Waals surface area contributed by atoms with Crippen LogP contribution in [0.25, 0.3) is 55.8 Å². The predicted molar refractivity (Wildman–Crippen MR) is 482 cm³/mol. The lowest BCUT2D eigenvalue weighted by Gasteiger charge is -2.26. The second-order valence-corrected chi connectivity index (χ2v) is 32.9. The number of fused-ring (bicyclic) bond motifs is 9. The lowest BCUT2D eigenvalue weighted by atomic mass is 10.1. The van der Waals surface area contributed by atoms with Crippen molar-refractivity contribution >= 4 is 120 Å². The zero-order chi connectivity index (χ0) is 95.1. The Hall–Kier alpha value is -13.1. The van der Waals surface area contributed by atoms with Crippen molar-refractivity contribution in [2.45, 2.75) is 261 Å². The number of nitrogens with two attached hydrogens (primary N) is 2. The van der Waals surface area contributed by atoms with E-state index < -0.39 is 36.5 Å². The van der Waals surface area contributed by atoms with E-state index in [0.29, 0.717) is 123 Å². The average molecular weight is 1870 g/mol. The van der Waals surface area contributed by atoms with Crippen molar-refractivity contribution in [2.75, 3.05) is 50.4 Å². The smallest absolute Gasteiger partial charge is 0.405 e. The molecule has 0 fully saturated rings. The van der Waals surface area contributed by atoms with Crippen molar-refractivity contribution in [3.05, 3.63) is 118 Å². The third-order valence-corrected chi connectivity index (χ3v) is 22.4. The van der Waals surface area contributed by atoms with Gasteiger partial charge in [0.1, 0.15) is 95.8 Å². The minimum atomic E-state index is -4.51. The molecular weight excluding hydrogens is 1760 g/mol. The van der Waals surface area contributed by atoms with Crippen molar-refractivity contribution in [1.82, 2.24) is 162 Å². The zero-order valence-electron chi connectivity index (χ0n) is 76.7. The first kappa shape index (κ1) is 97.9. The Bertz CT molecular complexity index is 6180. The first-order valence-electron chi connectivity index (χ1n) is 43.7. The Morgan fingerprint density at radius 2 is 0.720 bits per heavy atom. The summed E-state index contributed by atoms with van der Waals surface area (Å²) in [4.78, 5) is 111. The maximum Gasteiger partial charge on any atom is 0.405 e. The van der Waals surface area contributed by atoms with E-state index in [2.05, 4.69) is 210 Å². The quantitative estimate of drug-likeness (QED) is 0.0235. The highest BCUT2D eigenvalue weighted by Gasteiger charge is 2.34. The van der Waals surface area contributed by atoms with Gasteiger partial charge >= 0.3 is 24.1 Å². The van der Waals surface area contributed by atoms with Crippen LogP contribution >= 0.6 is 23.2 Å². The fraction of sp³-hybridized carbons (Fsp3) is 0.549. The number of aromatic nitrogens is 32. The number of hydrogen-bond acceptors (Lipinski definition) is 35. The Labute approximate surface area is 766 Å². The molecule has 50 heteroatoms. The number of carbonyl (C=O) groups excluding carboxylic acids is 4. The highest BCUT2D eigenvalue weighted by molar-refractivity contribution is 6.34. The summed E-state index contributed by atoms with van der Waals surface area (Å²) in [7, 11) is 3.99. The number of nitrogens with one attached hydrogen (secondary N) is 4. The minimum absolute atomic E-state index is 0.0170. The van der Waals surface area contributed by atoms with E-state index in [1.165, 1.54) is 57.5 Å². The molecule has 4 aliphatic heterocycles. The number of rotatable bonds is 20. The van der Waals surface area contributed by atoms with E-state index in [4.69, 9.17) is 44.1 Å². The topological polar surface area (TPSA) is 537 Å². The molecule has 0 radical (unpaired) electrons. The molecule has 14 aromatic heterocycles. The van der Waals surface area contributed by atoms with Crippen LogP contribution < -0.4 is 32.7 Å². The highest BCUT2D eigenvalue weighted by Crippen LogP contribution is 2.32. The van der Waals surface area contributed by atoms with Crippen LogP contribution in [0.15, 0.2) is 38.0 Å². The normalized spacial score (nSPS) is 15.5. The second-order valence-electron chi connectivity index (χ2n) is 32.2. The van der Waals surface area contributed by atoms with Crippen molar-refractivity contribution in [3.8, 4) is 0 Å². The van der Waals surface area contributed by atoms with Gasteiger partial charge in [0, 0.05) is 132 Å². The fourth-order valence-corrected chi connectivity index (χ4v) is 15.9. The summed E-state index contributed by atoms with van der Waals surface area (Å²) in [6.45, 7) is 33.5. The number of amides is 1. The van der Waals surface area contributed by atoms with Crippen molar-refractivity contribution in [3.63, 3.8) is 0 Å². The molecule has 14 aromatic rings. The van der Waals surface area contributed by atoms with Crippen molar-refractivity contribution in [1.29, 1.82) is 0 Å². The van der Waals surface area contributed by atoms with Crippen LogP contribution in [0.2, 0.25) is 10.3 Å². The van der Waals surface area contributed by atoms with Gasteiger partial charge < -0.3 is 88.0 Å². The standard InChI is InChI=1S/C19H24F3N9O.2C18H24N8O2.C9H9ClN4O2.C9H16N4.C7H7ClN4.C2H7N/c1-4-30-16-13(27-17(30)18(32)23-8-19(20,21)22)14(24-9-25-16)26-11-5-6-12-28-29-15(10(2)3)31(12)7-11;2*1-5-25-16-13(22-17(25)18(27)28-4)14(19-9-20-16)21-11-6-7-12-23-24-15(10(2)3)26(12)8-11;1-3-14-7-5(6(10)11-4-12-7)13-8(14)9(15)16-2;1-6(2)9-12-11-8-4-3-7(10)5-13(8)9;1-2-12-4-11-5-6(8)9-3-10-7(5)12;1-2-3/h9-11H,4-8H2,1-3H3,(H,23,32)(H,24,25,26);2*9-11H,5-8H2,1-4H3,(H,19,20,21);4H,3H2,1-2H3;6-7H,3-5,10H2,1-2H3;3-4H,2H2,1H3;2-3H2,1H3/t11-;;;;;;/m0....../s1. The fourth-order valence-electron chi connectivity index (χ4n) is 15.6. The van der Waals surface area contributed by atoms with Gasteiger partial charge in [0.2, 0.25) is 23.3 Å². The van der Waals surface area contributed by atoms with E-state index in [-0.39, 0.29) is 58.5 Å². The van der Waals surface area contributed by atoms with Gasteiger partial charge in [-0.15, -0.1) is 40.8 Å². The number of imidazole rings is 5. The van der Waals surface area contributed by atoms with Gasteiger partial charge in [0.25, 0.3) is 5.91 Å². The first-order chi connectivity index (χ1) is 63.3. The lowest BCUT2D eigenvalue weighted by molar-refractivity contribution is -0.123. The maximum absolute atomic E-state index is 12.5. The summed E-state index contributed by atoms with van der Waals surface area (Å²) in [6.07, 6.45) is 11.4. The Balaban J connectivity index is 0.000000147. The van der Waals surface area contributed by atoms with Crippen molar-refractivity contribution < 1.29 is 46.6 Å². The van der Waals surface area contributed by atoms with Crippen LogP contribution in [0.1, 0.15) is 235 Å². The van der Waals surface area contributed by atoms with Gasteiger partial charge in [0.05, 0.1) is 27.7 Å². The molecule has 18 heterocycles. The SMILES string of the molecule is CC(C)c1nnc2n1CC(N)CC2.CCN.CCn1c(C(=O)NCC(F)(F)F)nc2c(N[C@H]3CCc4nnc(C(C)C)n4C3)ncnc21.CCn1c(C(=O)OC)nc2c(Cl)ncnc21.CCn1c(C(=O)OC)nc2c(NC3CCc4nnc(C(C)C)n4C3)ncnc21.CCn1c(C(=O)OC)nc2c(NC3CCc4nnc(C(C)C)n4C3)ncnc21.CCn1cnc2c(Cl)ncnc21. The summed E-state index contributed by atoms with van der Waals surface area (Å²) in [5.74, 6) is 9.15. The monoisotopic (exact) mass is 1870 g/mol. The largest absolute Gasteiger partial charge is 0.463 e. The number of nitrogens with zero attached hydrogens (tertiary/aromatic N) is 32. The summed E-state index contributed by atoms with van der Waals surface area (Å²) >= 11 is 11.7. The Kier molecular flexibility index (Phi) is 32.4. The predicted octanol–water partition coefficient (Wildman–Crippen LogP) is 9.26. The third-order valence-electron chi connectivity index (χ3n) is 21.8. The van der Waals surface area contributed by atoms with Gasteiger partial charge in [-0.3, -0.25) is 4.79 Å². The molecule has 4 atom stereocenters. The van der Waals surface area contributed by atoms with Gasteiger partial charge in [-0.25, -0.2) is 89.1 Å². The van der Waals surface area contributed by atoms with Crippen LogP contribution in [0, 0.1) is 0 Å². The average Bonchev–Trinajstić information content (AvgIpc) is 1.63. The molecule has 45 nitrogen and oxygen atoms in total. The molecule has 0 saturated heterocycles. The number of aryl methyl sites for hydroxylation is 9. The number of alkyl halides is 3. The summed E-state index contributed by atoms with van der Waals surface area (Å²) < 4.78 is 69.1. The molecule has 0 aromatic carbocycles. The maximum atomic E-state index is 12.5. The van der Waals surface area contributed by atoms with E-state index in [0.717, 1.165) is 136 Å². The number of carbonyl (C=O) groups is 4. The van der Waals surface area contributed by atoms with E-state index >= 15 is 0 Å². The Morgan fingerprint density at radius 1 is 0.417 bits per heavy atom. The molecule has 0 aliphatic carbocycles. The van der Waals surface area contributed by atoms with Crippen LogP contribution in [0.5, 0.6) is 0 Å². The van der Waals surface area contributed by atoms with E-state index in [1.807, 2.05) is 44.5 Å². The number of halogens is 5. The second kappa shape index (κ2) is 43.7. The Morgan fingerprint density at radius 3 is 1.05 bits per heavy atom. The molecule has 18 rings (SSSR count). The van der Waals surface area contributed by atoms with Crippen molar-refractivity contribution in [2.24, 2.45) is 11.5 Å². The summed E-state index contributed by atoms with van der Waals surface area (Å²) in [5, 5.41) is 47.1. The molecule has 0 bridgehead atoms. The number of methoxy groups -OCH3 is 3. The lowest BCUT2D eigenvalue weighted by Crippen LogP contribution is -2.35. The van der Waals surface area contributed by atoms with Crippen LogP contribution in [-0.4, -0.2) is 245 Å². The summed E-state index contributed by atoms with van der Waals surface area (Å²) in [6, 6.07) is 0.615. The molecule has 8 N–H and O–H groups in total. The third kappa shape index (κ3) is 21.9. The molecular formula is C82H111Cl2F3N38O7. The van der Waals surface area contributed by atoms with Crippen LogP contribution in [-0.2, 0) is 98.8 Å². The van der Waals surface area contributed by atoms with Crippen LogP contribution in [0.4, 0.5) is 30.6 Å². The molecule has 1 amide bonds. The van der Waals surface area contributed by atoms with Crippen LogP contribution in [0.3, 0.4) is 0 Å². The van der Waals surface area contributed by atoms with Gasteiger partial charge in [-0.2, -0.15) is 13.2 Å². The molecule has 706 valence electrons. The van der Waals surface area contributed by atoms with E-state index in [9.17, 15) is 32.3 Å². The number of hydrogen-bond donors (Lipinski definition) is 6.